The van der Waals surface area contributed by atoms with E-state index in [1.165, 1.54) is 12.1 Å². The van der Waals surface area contributed by atoms with Crippen molar-refractivity contribution in [2.75, 3.05) is 0 Å². The summed E-state index contributed by atoms with van der Waals surface area (Å²) < 4.78 is 30.0. The molecule has 1 radical (unpaired) electrons. The Morgan fingerprint density at radius 3 is 2.36 bits per heavy atom. The first-order valence-electron chi connectivity index (χ1n) is 3.17. The van der Waals surface area contributed by atoms with Gasteiger partial charge in [0.15, 0.2) is 0 Å². The van der Waals surface area contributed by atoms with Crippen molar-refractivity contribution in [2.24, 2.45) is 0 Å². The van der Waals surface area contributed by atoms with Crippen molar-refractivity contribution in [2.45, 2.75) is 4.90 Å². The Balaban J connectivity index is 0.00000169. The topological polar surface area (TPSA) is 71.4 Å². The van der Waals surface area contributed by atoms with E-state index in [1.807, 2.05) is 0 Å². The quantitative estimate of drug-likeness (QED) is 0.478. The van der Waals surface area contributed by atoms with Crippen LogP contribution in [-0.4, -0.2) is 48.8 Å². The van der Waals surface area contributed by atoms with Crippen molar-refractivity contribution in [3.8, 4) is 0 Å². The Labute approximate surface area is 108 Å². The molecular weight excluding hydrogens is 239 g/mol. The normalized spacial score (nSPS) is 10.4. The van der Waals surface area contributed by atoms with Crippen LogP contribution in [-0.2, 0) is 10.1 Å². The molecule has 0 aliphatic carbocycles. The average molecular weight is 244 g/mol. The minimum absolute atomic E-state index is 0. The molecule has 0 fully saturated rings. The molecule has 0 aliphatic rings. The van der Waals surface area contributed by atoms with E-state index in [0.717, 1.165) is 6.07 Å². The summed E-state index contributed by atoms with van der Waals surface area (Å²) in [7, 11) is -4.36. The molecule has 1 N–H and O–H groups in total. The molecule has 0 atom stereocenters. The second-order valence-electron chi connectivity index (χ2n) is 2.28. The molecule has 0 unspecified atom stereocenters. The van der Waals surface area contributed by atoms with Crippen LogP contribution in [0.25, 0.3) is 0 Å². The summed E-state index contributed by atoms with van der Waals surface area (Å²) in [4.78, 5) is 9.82. The predicted octanol–water partition coefficient (Wildman–Crippen LogP) is 1.02. The monoisotopic (exact) mass is 243 g/mol. The van der Waals surface area contributed by atoms with Gasteiger partial charge in [0.1, 0.15) is 11.2 Å². The first-order valence-corrected chi connectivity index (χ1v) is 4.99. The van der Waals surface area contributed by atoms with Crippen molar-refractivity contribution in [1.82, 2.24) is 0 Å². The van der Waals surface area contributed by atoms with E-state index in [9.17, 15) is 13.2 Å². The Morgan fingerprint density at radius 2 is 1.93 bits per heavy atom. The van der Waals surface area contributed by atoms with Crippen LogP contribution in [0, 0.1) is 0 Å². The van der Waals surface area contributed by atoms with E-state index in [1.54, 1.807) is 0 Å². The summed E-state index contributed by atoms with van der Waals surface area (Å²) in [6.07, 6.45) is 0.463. The van der Waals surface area contributed by atoms with Crippen LogP contribution in [0.3, 0.4) is 0 Å². The minimum atomic E-state index is -4.36. The molecule has 0 bridgehead atoms. The van der Waals surface area contributed by atoms with Crippen LogP contribution in [0.4, 0.5) is 0 Å². The Hall–Kier alpha value is 0.0900. The average Bonchev–Trinajstić information content (AvgIpc) is 2.03. The number of aldehydes is 1. The zero-order chi connectivity index (χ0) is 10.1. The van der Waals surface area contributed by atoms with Gasteiger partial charge in [-0.05, 0) is 12.1 Å². The minimum Gasteiger partial charge on any atom is -0.298 e. The molecule has 0 amide bonds. The van der Waals surface area contributed by atoms with Gasteiger partial charge in [0, 0.05) is 35.1 Å². The van der Waals surface area contributed by atoms with Crippen LogP contribution >= 0.6 is 11.6 Å². The van der Waals surface area contributed by atoms with Gasteiger partial charge in [-0.3, -0.25) is 9.35 Å². The Kier molecular flexibility index (Phi) is 5.28. The van der Waals surface area contributed by atoms with Crippen molar-refractivity contribution in [3.63, 3.8) is 0 Å². The summed E-state index contributed by atoms with van der Waals surface area (Å²) in [5.74, 6) is 0. The molecule has 14 heavy (non-hydrogen) atoms. The van der Waals surface area contributed by atoms with Gasteiger partial charge in [0.2, 0.25) is 0 Å². The first-order chi connectivity index (χ1) is 5.95. The maximum absolute atomic E-state index is 10.7. The maximum Gasteiger partial charge on any atom is 0.296 e. The van der Waals surface area contributed by atoms with E-state index >= 15 is 0 Å². The maximum atomic E-state index is 10.7. The molecule has 0 heterocycles. The van der Waals surface area contributed by atoms with Crippen LogP contribution < -0.4 is 0 Å². The van der Waals surface area contributed by atoms with E-state index in [-0.39, 0.29) is 40.1 Å². The van der Waals surface area contributed by atoms with Crippen LogP contribution in [0.15, 0.2) is 23.1 Å². The fourth-order valence-corrected chi connectivity index (χ4v) is 1.80. The number of hydrogen-bond donors (Lipinski definition) is 1. The summed E-state index contributed by atoms with van der Waals surface area (Å²) >= 11 is 5.48. The van der Waals surface area contributed by atoms with Crippen molar-refractivity contribution in [1.29, 1.82) is 0 Å². The van der Waals surface area contributed by atoms with E-state index in [4.69, 9.17) is 16.2 Å². The van der Waals surface area contributed by atoms with Gasteiger partial charge < -0.3 is 0 Å². The third kappa shape index (κ3) is 3.34. The molecule has 71 valence electrons. The molecule has 1 rings (SSSR count). The zero-order valence-electron chi connectivity index (χ0n) is 7.27. The number of carbonyl (C=O) groups is 1. The van der Waals surface area contributed by atoms with Crippen molar-refractivity contribution < 1.29 is 17.8 Å². The van der Waals surface area contributed by atoms with Gasteiger partial charge in [-0.1, -0.05) is 17.7 Å². The number of carbonyl (C=O) groups excluding carboxylic acids is 1. The largest absolute Gasteiger partial charge is 0.298 e. The predicted molar refractivity (Wildman–Crippen MR) is 52.4 cm³/mol. The van der Waals surface area contributed by atoms with Crippen molar-refractivity contribution >= 4 is 57.6 Å². The Morgan fingerprint density at radius 1 is 1.36 bits per heavy atom. The zero-order valence-corrected chi connectivity index (χ0v) is 10.8. The molecule has 0 aromatic heterocycles. The van der Waals surface area contributed by atoms with E-state index in [2.05, 4.69) is 0 Å². The molecular formula is C7H5ClNaO4S. The molecule has 1 aromatic rings. The number of benzene rings is 1. The van der Waals surface area contributed by atoms with Crippen LogP contribution in [0.1, 0.15) is 10.4 Å². The standard InChI is InChI=1S/C7H5ClO4S.Na/c8-6-2-1-5(4-9)3-7(6)13(10,11)12;/h1-4H,(H,10,11,12);. The number of halogens is 1. The molecule has 4 nitrogen and oxygen atoms in total. The first kappa shape index (κ1) is 14.1. The molecule has 0 saturated carbocycles. The van der Waals surface area contributed by atoms with Crippen LogP contribution in [0.5, 0.6) is 0 Å². The van der Waals surface area contributed by atoms with Gasteiger partial charge >= 0.3 is 0 Å². The fraction of sp³-hybridized carbons (Fsp3) is 0. The van der Waals surface area contributed by atoms with Crippen molar-refractivity contribution in [3.05, 3.63) is 28.8 Å². The summed E-state index contributed by atoms with van der Waals surface area (Å²) in [5, 5.41) is -0.117. The number of hydrogen-bond acceptors (Lipinski definition) is 3. The molecule has 0 saturated heterocycles. The van der Waals surface area contributed by atoms with E-state index in [0.29, 0.717) is 6.29 Å². The SMILES string of the molecule is O=Cc1ccc(Cl)c(S(=O)(=O)O)c1.[Na]. The van der Waals surface area contributed by atoms with Gasteiger partial charge in [-0.25, -0.2) is 0 Å². The van der Waals surface area contributed by atoms with Gasteiger partial charge in [0.25, 0.3) is 10.1 Å². The van der Waals surface area contributed by atoms with Gasteiger partial charge in [-0.15, -0.1) is 0 Å². The smallest absolute Gasteiger partial charge is 0.296 e. The van der Waals surface area contributed by atoms with Crippen LogP contribution in [0.2, 0.25) is 5.02 Å². The summed E-state index contributed by atoms with van der Waals surface area (Å²) in [5.41, 5.74) is 0.136. The third-order valence-corrected chi connectivity index (χ3v) is 2.70. The molecule has 0 aliphatic heterocycles. The second-order valence-corrected chi connectivity index (χ2v) is 4.08. The number of rotatable bonds is 2. The summed E-state index contributed by atoms with van der Waals surface area (Å²) in [6.45, 7) is 0. The second kappa shape index (κ2) is 5.25. The summed E-state index contributed by atoms with van der Waals surface area (Å²) in [6, 6.07) is 3.59. The fourth-order valence-electron chi connectivity index (χ4n) is 0.791. The molecule has 0 spiro atoms. The Bertz CT molecular complexity index is 443. The van der Waals surface area contributed by atoms with E-state index < -0.39 is 15.0 Å². The molecule has 1 aromatic carbocycles. The van der Waals surface area contributed by atoms with Gasteiger partial charge in [0.05, 0.1) is 5.02 Å². The molecule has 7 heteroatoms. The third-order valence-electron chi connectivity index (χ3n) is 1.37. The van der Waals surface area contributed by atoms with Gasteiger partial charge in [-0.2, -0.15) is 8.42 Å².